The summed E-state index contributed by atoms with van der Waals surface area (Å²) in [5, 5.41) is 39.0. The summed E-state index contributed by atoms with van der Waals surface area (Å²) in [5.41, 5.74) is 1.06. The van der Waals surface area contributed by atoms with Gasteiger partial charge in [-0.1, -0.05) is 24.3 Å². The molecule has 2 aromatic carbocycles. The number of fused-ring (bicyclic) bond motifs is 2. The van der Waals surface area contributed by atoms with Crippen LogP contribution in [0, 0.1) is 0 Å². The summed E-state index contributed by atoms with van der Waals surface area (Å²) in [7, 11) is 2.05. The van der Waals surface area contributed by atoms with Crippen LogP contribution in [0.5, 0.6) is 5.75 Å². The van der Waals surface area contributed by atoms with Crippen LogP contribution >= 0.6 is 22.7 Å². The van der Waals surface area contributed by atoms with Crippen molar-refractivity contribution in [1.29, 1.82) is 0 Å². The number of phenolic OH excluding ortho intramolecular Hbond substituents is 1. The second kappa shape index (κ2) is 17.2. The maximum atomic E-state index is 12.9. The number of aliphatic carboxylic acids is 1. The number of benzene rings is 2. The van der Waals surface area contributed by atoms with Gasteiger partial charge in [0.25, 0.3) is 0 Å². The van der Waals surface area contributed by atoms with Gasteiger partial charge in [0.05, 0.1) is 33.0 Å². The molecule has 5 N–H and O–H groups in total. The summed E-state index contributed by atoms with van der Waals surface area (Å²) in [6, 6.07) is 19.3. The number of aromatic amines is 1. The van der Waals surface area contributed by atoms with Crippen LogP contribution in [0.15, 0.2) is 91.5 Å². The molecule has 1 aliphatic rings. The topological polar surface area (TPSA) is 170 Å². The molecule has 1 saturated carbocycles. The molecule has 54 heavy (non-hydrogen) atoms. The molecule has 0 unspecified atom stereocenters. The summed E-state index contributed by atoms with van der Waals surface area (Å²) in [4.78, 5) is 43.6. The van der Waals surface area contributed by atoms with Gasteiger partial charge in [-0.25, -0.2) is 9.59 Å². The Bertz CT molecular complexity index is 2250. The van der Waals surface area contributed by atoms with Gasteiger partial charge in [-0.15, -0.1) is 22.7 Å². The molecule has 0 radical (unpaired) electrons. The number of aromatic hydroxyl groups is 1. The van der Waals surface area contributed by atoms with Crippen LogP contribution in [-0.2, 0) is 28.2 Å². The number of aromatic nitrogens is 2. The number of carbonyl (C=O) groups is 1. The van der Waals surface area contributed by atoms with Crippen molar-refractivity contribution in [1.82, 2.24) is 19.8 Å². The lowest BCUT2D eigenvalue weighted by Gasteiger charge is -2.38. The lowest BCUT2D eigenvalue weighted by molar-refractivity contribution is -0.170. The third kappa shape index (κ3) is 8.04. The van der Waals surface area contributed by atoms with E-state index in [2.05, 4.69) is 22.2 Å². The Balaban J connectivity index is 0.00000280. The highest BCUT2D eigenvalue weighted by Gasteiger charge is 2.48. The van der Waals surface area contributed by atoms with Crippen molar-refractivity contribution in [2.45, 2.75) is 62.6 Å². The van der Waals surface area contributed by atoms with Gasteiger partial charge in [-0.3, -0.25) is 18.8 Å². The number of thiophene rings is 2. The molecule has 7 rings (SSSR count). The number of carboxylic acids is 1. The number of likely N-dealkylation sites (N-methyl/N-ethyl adjacent to an activating group) is 1. The molecular formula is C38H42F2N4O8S2. The normalized spacial score (nSPS) is 16.6. The Kier molecular flexibility index (Phi) is 12.9. The molecule has 0 aliphatic heterocycles. The maximum absolute atomic E-state index is 12.9. The summed E-state index contributed by atoms with van der Waals surface area (Å²) in [6.45, 7) is 1.71. The smallest absolute Gasteiger partial charge is 0.419 e. The predicted molar refractivity (Wildman–Crippen MR) is 205 cm³/mol. The number of hydrogen-bond acceptors (Lipinski definition) is 11. The number of aliphatic hydroxyl groups is 1. The third-order valence-corrected chi connectivity index (χ3v) is 11.9. The highest BCUT2D eigenvalue weighted by atomic mass is 32.1. The number of rotatable bonds is 14. The van der Waals surface area contributed by atoms with Gasteiger partial charge in [-0.05, 0) is 91.0 Å². The summed E-state index contributed by atoms with van der Waals surface area (Å²) < 4.78 is 13.8. The van der Waals surface area contributed by atoms with E-state index in [1.807, 2.05) is 53.2 Å². The fraction of sp³-hybridized carbons (Fsp3) is 0.342. The first-order valence-corrected chi connectivity index (χ1v) is 19.0. The number of carboxylic acid groups (broad SMARTS) is 1. The maximum Gasteiger partial charge on any atom is 0.419 e. The van der Waals surface area contributed by atoms with Gasteiger partial charge in [0.1, 0.15) is 5.75 Å². The molecule has 1 fully saturated rings. The van der Waals surface area contributed by atoms with Gasteiger partial charge in [0, 0.05) is 43.7 Å². The van der Waals surface area contributed by atoms with Crippen molar-refractivity contribution in [3.05, 3.63) is 119 Å². The number of pyridine rings is 1. The van der Waals surface area contributed by atoms with Crippen LogP contribution in [-0.4, -0.2) is 68.0 Å². The van der Waals surface area contributed by atoms with Crippen LogP contribution in [0.4, 0.5) is 9.41 Å². The van der Waals surface area contributed by atoms with Crippen LogP contribution in [0.3, 0.4) is 0 Å². The van der Waals surface area contributed by atoms with Gasteiger partial charge in [0.15, 0.2) is 5.58 Å². The zero-order valence-corrected chi connectivity index (χ0v) is 30.9. The van der Waals surface area contributed by atoms with E-state index in [1.54, 1.807) is 16.7 Å². The Morgan fingerprint density at radius 2 is 1.74 bits per heavy atom. The molecule has 16 heteroatoms. The highest BCUT2D eigenvalue weighted by Crippen LogP contribution is 2.42. The minimum Gasteiger partial charge on any atom is -0.506 e. The molecule has 4 aromatic heterocycles. The van der Waals surface area contributed by atoms with Crippen molar-refractivity contribution >= 4 is 50.6 Å². The van der Waals surface area contributed by atoms with E-state index in [1.165, 1.54) is 34.8 Å². The van der Waals surface area contributed by atoms with E-state index in [4.69, 9.17) is 9.15 Å². The van der Waals surface area contributed by atoms with E-state index in [0.29, 0.717) is 51.4 Å². The number of hydrogen-bond donors (Lipinski definition) is 5. The molecule has 6 aromatic rings. The number of phenols is 1. The fourth-order valence-electron chi connectivity index (χ4n) is 7.20. The molecule has 0 bridgehead atoms. The van der Waals surface area contributed by atoms with Crippen molar-refractivity contribution in [3.63, 3.8) is 0 Å². The fourth-order valence-corrected chi connectivity index (χ4v) is 9.00. The van der Waals surface area contributed by atoms with Gasteiger partial charge < -0.3 is 39.7 Å². The molecule has 0 amide bonds. The van der Waals surface area contributed by atoms with E-state index >= 15 is 0 Å². The zero-order chi connectivity index (χ0) is 36.4. The average Bonchev–Trinajstić information content (AvgIpc) is 3.93. The molecule has 288 valence electrons. The van der Waals surface area contributed by atoms with Crippen LogP contribution < -0.4 is 16.6 Å². The first-order chi connectivity index (χ1) is 25.1. The van der Waals surface area contributed by atoms with Crippen LogP contribution in [0.2, 0.25) is 0 Å². The first kappa shape index (κ1) is 40.5. The predicted octanol–water partition coefficient (Wildman–Crippen LogP) is 5.68. The zero-order valence-electron chi connectivity index (χ0n) is 29.3. The van der Waals surface area contributed by atoms with E-state index < -0.39 is 23.4 Å². The number of nitrogens with zero attached hydrogens (tertiary/aromatic N) is 2. The van der Waals surface area contributed by atoms with Gasteiger partial charge >= 0.3 is 11.7 Å². The molecular weight excluding hydrogens is 743 g/mol. The number of H-pyrrole nitrogens is 1. The first-order valence-electron chi connectivity index (χ1n) is 17.2. The Morgan fingerprint density at radius 3 is 2.39 bits per heavy atom. The second-order valence-corrected chi connectivity index (χ2v) is 15.1. The molecule has 0 saturated heterocycles. The summed E-state index contributed by atoms with van der Waals surface area (Å²) in [6.07, 6.45) is 2.07. The van der Waals surface area contributed by atoms with Gasteiger partial charge in [0.2, 0.25) is 11.2 Å². The molecule has 1 atom stereocenters. The van der Waals surface area contributed by atoms with E-state index in [-0.39, 0.29) is 44.9 Å². The molecule has 12 nitrogen and oxygen atoms in total. The molecule has 1 aliphatic carbocycles. The van der Waals surface area contributed by atoms with Crippen molar-refractivity contribution in [3.8, 4) is 5.75 Å². The Hall–Kier alpha value is -4.71. The average molecular weight is 785 g/mol. The van der Waals surface area contributed by atoms with Crippen LogP contribution in [0.25, 0.3) is 22.0 Å². The SMILES string of the molecule is CN(CCn1c(=O)oc2cc(CNC[C@H](O)c3ccc(O)c4[nH]c(=O)ccc34)ccc21)[C@H]1CC[C@H](OC(C(=O)O)(c2cccs2)c2cccs2)CC1.F.F. The van der Waals surface area contributed by atoms with Crippen LogP contribution in [0.1, 0.15) is 52.7 Å². The van der Waals surface area contributed by atoms with E-state index in [0.717, 1.165) is 31.2 Å². The highest BCUT2D eigenvalue weighted by molar-refractivity contribution is 7.12. The number of aliphatic hydroxyl groups excluding tert-OH is 1. The number of oxazole rings is 1. The third-order valence-electron chi connectivity index (χ3n) is 9.99. The largest absolute Gasteiger partial charge is 0.506 e. The molecule has 4 heterocycles. The molecule has 0 spiro atoms. The number of ether oxygens (including phenoxy) is 1. The number of nitrogens with one attached hydrogen (secondary N) is 2. The Morgan fingerprint density at radius 1 is 1.04 bits per heavy atom. The van der Waals surface area contributed by atoms with Crippen molar-refractivity contribution in [2.75, 3.05) is 20.1 Å². The quantitative estimate of drug-likeness (QED) is 0.0927. The lowest BCUT2D eigenvalue weighted by Crippen LogP contribution is -2.45. The summed E-state index contributed by atoms with van der Waals surface area (Å²) >= 11 is 2.79. The standard InChI is InChI=1S/C38H40N4O8S2.2FH/c1-41(24-7-9-25(10-8-24)50-38(36(46)47,32-4-2-18-51-32)33-5-3-19-52-33)16-17-42-28-13-6-23(20-31(28)49-37(42)48)21-39-22-30(44)26-11-14-29(43)35-27(26)12-15-34(45)40-35;;/h2-6,11-15,18-20,24-25,30,39,43-44H,7-10,16-17,21-22H2,1H3,(H,40,45)(H,46,47);2*1H/t24-,25-,30-;;/m0../s1. The number of halogens is 2. The van der Waals surface area contributed by atoms with E-state index in [9.17, 15) is 29.7 Å². The lowest BCUT2D eigenvalue weighted by atomic mass is 9.90. The minimum atomic E-state index is -1.51. The van der Waals surface area contributed by atoms with Crippen molar-refractivity contribution in [2.24, 2.45) is 0 Å². The second-order valence-electron chi connectivity index (χ2n) is 13.2. The Labute approximate surface area is 316 Å². The monoisotopic (exact) mass is 784 g/mol. The van der Waals surface area contributed by atoms with Gasteiger partial charge in [-0.2, -0.15) is 0 Å². The summed E-state index contributed by atoms with van der Waals surface area (Å²) in [5.74, 6) is -1.49. The minimum absolute atomic E-state index is 0. The van der Waals surface area contributed by atoms with Crippen molar-refractivity contribution < 1.29 is 38.7 Å².